The molecule has 3 rings (SSSR count). The summed E-state index contributed by atoms with van der Waals surface area (Å²) in [5.74, 6) is 0. The molecule has 3 aromatic rings. The zero-order chi connectivity index (χ0) is 17.5. The summed E-state index contributed by atoms with van der Waals surface area (Å²) in [6, 6.07) is 10.5. The van der Waals surface area contributed by atoms with Gasteiger partial charge in [-0.15, -0.1) is 0 Å². The van der Waals surface area contributed by atoms with E-state index in [1.54, 1.807) is 0 Å². The predicted octanol–water partition coefficient (Wildman–Crippen LogP) is 4.68. The van der Waals surface area contributed by atoms with Crippen LogP contribution in [0.4, 0.5) is 5.69 Å². The van der Waals surface area contributed by atoms with Crippen LogP contribution in [0.1, 0.15) is 31.9 Å². The molecule has 1 N–H and O–H groups in total. The van der Waals surface area contributed by atoms with Gasteiger partial charge in [0.15, 0.2) is 0 Å². The molecule has 0 saturated heterocycles. The Hall–Kier alpha value is -2.80. The minimum Gasteiger partial charge on any atom is -0.388 e. The minimum absolute atomic E-state index is 0.128. The summed E-state index contributed by atoms with van der Waals surface area (Å²) in [5.41, 5.74) is 5.70. The van der Waals surface area contributed by atoms with Crippen LogP contribution in [0.5, 0.6) is 0 Å². The van der Waals surface area contributed by atoms with E-state index in [4.69, 9.17) is 4.98 Å². The third-order valence-electron chi connectivity index (χ3n) is 4.40. The van der Waals surface area contributed by atoms with Crippen molar-refractivity contribution in [2.75, 3.05) is 12.4 Å². The molecule has 0 atom stereocenters. The van der Waals surface area contributed by atoms with Crippen molar-refractivity contribution in [1.82, 2.24) is 9.55 Å². The molecular weight excluding hydrogens is 296 g/mol. The highest BCUT2D eigenvalue weighted by atomic mass is 15.1. The molecule has 0 fully saturated rings. The first-order valence-corrected chi connectivity index (χ1v) is 8.07. The first-order chi connectivity index (χ1) is 11.4. The van der Waals surface area contributed by atoms with Crippen molar-refractivity contribution in [3.05, 3.63) is 47.8 Å². The highest BCUT2D eigenvalue weighted by Gasteiger charge is 2.22. The zero-order valence-electron chi connectivity index (χ0n) is 14.8. The van der Waals surface area contributed by atoms with Gasteiger partial charge < -0.3 is 9.88 Å². The van der Waals surface area contributed by atoms with Gasteiger partial charge in [0.1, 0.15) is 11.7 Å². The van der Waals surface area contributed by atoms with E-state index >= 15 is 0 Å². The molecule has 0 aliphatic carbocycles. The maximum atomic E-state index is 9.60. The maximum Gasteiger partial charge on any atom is 0.142 e. The summed E-state index contributed by atoms with van der Waals surface area (Å²) >= 11 is 0. The van der Waals surface area contributed by atoms with E-state index in [0.717, 1.165) is 33.4 Å². The second-order valence-corrected chi connectivity index (χ2v) is 6.99. The van der Waals surface area contributed by atoms with E-state index in [0.29, 0.717) is 5.56 Å². The third-order valence-corrected chi connectivity index (χ3v) is 4.40. The molecule has 4 nitrogen and oxygen atoms in total. The van der Waals surface area contributed by atoms with Crippen LogP contribution in [-0.2, 0) is 5.54 Å². The summed E-state index contributed by atoms with van der Waals surface area (Å²) in [7, 11) is 1.91. The van der Waals surface area contributed by atoms with Gasteiger partial charge in [0, 0.05) is 47.2 Å². The van der Waals surface area contributed by atoms with Crippen LogP contribution in [0.3, 0.4) is 0 Å². The fourth-order valence-electron chi connectivity index (χ4n) is 3.15. The highest BCUT2D eigenvalue weighted by Crippen LogP contribution is 2.36. The number of anilines is 1. The fraction of sp³-hybridized carbons (Fsp3) is 0.300. The number of aromatic nitrogens is 2. The quantitative estimate of drug-likeness (QED) is 0.746. The monoisotopic (exact) mass is 318 g/mol. The molecule has 2 aromatic heterocycles. The van der Waals surface area contributed by atoms with Gasteiger partial charge in [-0.05, 0) is 39.3 Å². The van der Waals surface area contributed by atoms with E-state index in [2.05, 4.69) is 49.7 Å². The number of hydrogen-bond acceptors (Lipinski definition) is 3. The number of para-hydroxylation sites is 1. The van der Waals surface area contributed by atoms with Gasteiger partial charge in [-0.1, -0.05) is 18.2 Å². The van der Waals surface area contributed by atoms with Crippen LogP contribution in [0.2, 0.25) is 0 Å². The number of fused-ring (bicyclic) bond motifs is 1. The molecular formula is C20H22N4. The number of hydrogen-bond donors (Lipinski definition) is 1. The molecule has 1 aromatic carbocycles. The SMILES string of the molecule is CNc1ccccc1-c1cnc2c(c(C#N)cn2C(C)(C)C)c1C. The molecule has 0 aliphatic rings. The normalized spacial score (nSPS) is 11.5. The third kappa shape index (κ3) is 2.43. The summed E-state index contributed by atoms with van der Waals surface area (Å²) < 4.78 is 2.08. The highest BCUT2D eigenvalue weighted by molar-refractivity contribution is 5.93. The second kappa shape index (κ2) is 5.68. The van der Waals surface area contributed by atoms with E-state index in [1.807, 2.05) is 37.6 Å². The Morgan fingerprint density at radius 2 is 1.88 bits per heavy atom. The molecule has 0 saturated carbocycles. The Morgan fingerprint density at radius 3 is 2.50 bits per heavy atom. The van der Waals surface area contributed by atoms with Gasteiger partial charge in [-0.2, -0.15) is 5.26 Å². The van der Waals surface area contributed by atoms with Crippen LogP contribution in [-0.4, -0.2) is 16.6 Å². The lowest BCUT2D eigenvalue weighted by Crippen LogP contribution is -2.21. The van der Waals surface area contributed by atoms with Crippen molar-refractivity contribution in [3.8, 4) is 17.2 Å². The number of nitrogens with one attached hydrogen (secondary N) is 1. The number of aryl methyl sites for hydroxylation is 1. The van der Waals surface area contributed by atoms with Crippen molar-refractivity contribution >= 4 is 16.7 Å². The van der Waals surface area contributed by atoms with Gasteiger partial charge in [0.25, 0.3) is 0 Å². The molecule has 0 spiro atoms. The lowest BCUT2D eigenvalue weighted by Gasteiger charge is -2.22. The van der Waals surface area contributed by atoms with Gasteiger partial charge in [0.05, 0.1) is 5.56 Å². The molecule has 0 bridgehead atoms. The lowest BCUT2D eigenvalue weighted by atomic mass is 9.98. The topological polar surface area (TPSA) is 53.6 Å². The standard InChI is InChI=1S/C20H22N4/c1-13-16(15-8-6-7-9-17(15)22-5)11-23-19-18(13)14(10-21)12-24(19)20(2,3)4/h6-9,11-12,22H,1-5H3. The fourth-order valence-corrected chi connectivity index (χ4v) is 3.15. The molecule has 4 heteroatoms. The molecule has 2 heterocycles. The van der Waals surface area contributed by atoms with Crippen molar-refractivity contribution in [1.29, 1.82) is 5.26 Å². The van der Waals surface area contributed by atoms with Gasteiger partial charge >= 0.3 is 0 Å². The summed E-state index contributed by atoms with van der Waals surface area (Å²) in [4.78, 5) is 4.71. The van der Waals surface area contributed by atoms with Crippen molar-refractivity contribution in [2.45, 2.75) is 33.2 Å². The molecule has 0 aliphatic heterocycles. The average molecular weight is 318 g/mol. The van der Waals surface area contributed by atoms with Crippen LogP contribution in [0.15, 0.2) is 36.7 Å². The molecule has 0 unspecified atom stereocenters. The van der Waals surface area contributed by atoms with E-state index < -0.39 is 0 Å². The molecule has 24 heavy (non-hydrogen) atoms. The first-order valence-electron chi connectivity index (χ1n) is 8.07. The first kappa shape index (κ1) is 16.1. The Balaban J connectivity index is 2.36. The number of benzene rings is 1. The summed E-state index contributed by atoms with van der Waals surface area (Å²) in [6.45, 7) is 8.43. The average Bonchev–Trinajstić information content (AvgIpc) is 2.95. The number of rotatable bonds is 2. The molecule has 122 valence electrons. The minimum atomic E-state index is -0.128. The van der Waals surface area contributed by atoms with Crippen LogP contribution in [0.25, 0.3) is 22.2 Å². The molecule has 0 amide bonds. The smallest absolute Gasteiger partial charge is 0.142 e. The van der Waals surface area contributed by atoms with E-state index in [1.165, 1.54) is 0 Å². The Labute approximate surface area is 142 Å². The van der Waals surface area contributed by atoms with Crippen molar-refractivity contribution < 1.29 is 0 Å². The van der Waals surface area contributed by atoms with E-state index in [-0.39, 0.29) is 5.54 Å². The van der Waals surface area contributed by atoms with Gasteiger partial charge in [0.2, 0.25) is 0 Å². The van der Waals surface area contributed by atoms with Crippen molar-refractivity contribution in [2.24, 2.45) is 0 Å². The summed E-state index contributed by atoms with van der Waals surface area (Å²) in [6.07, 6.45) is 3.83. The van der Waals surface area contributed by atoms with Crippen molar-refractivity contribution in [3.63, 3.8) is 0 Å². The van der Waals surface area contributed by atoms with E-state index in [9.17, 15) is 5.26 Å². The summed E-state index contributed by atoms with van der Waals surface area (Å²) in [5, 5.41) is 13.8. The predicted molar refractivity (Wildman–Crippen MR) is 99.2 cm³/mol. The Kier molecular flexibility index (Phi) is 3.81. The van der Waals surface area contributed by atoms with Gasteiger partial charge in [-0.3, -0.25) is 0 Å². The van der Waals surface area contributed by atoms with Gasteiger partial charge in [-0.25, -0.2) is 4.98 Å². The molecule has 0 radical (unpaired) electrons. The largest absolute Gasteiger partial charge is 0.388 e. The number of nitriles is 1. The number of nitrogens with zero attached hydrogens (tertiary/aromatic N) is 3. The second-order valence-electron chi connectivity index (χ2n) is 6.99. The lowest BCUT2D eigenvalue weighted by molar-refractivity contribution is 0.408. The van der Waals surface area contributed by atoms with Crippen LogP contribution < -0.4 is 5.32 Å². The number of pyridine rings is 1. The Bertz CT molecular complexity index is 952. The Morgan fingerprint density at radius 1 is 1.17 bits per heavy atom. The van der Waals surface area contributed by atoms with Crippen LogP contribution in [0, 0.1) is 18.3 Å². The zero-order valence-corrected chi connectivity index (χ0v) is 14.8. The maximum absolute atomic E-state index is 9.60. The van der Waals surface area contributed by atoms with Crippen LogP contribution >= 0.6 is 0 Å².